The quantitative estimate of drug-likeness (QED) is 0.632. The standard InChI is InChI=1S/C9H14O6/c1-4-5(10)6-7(8(11-2)13-4)15-9(12-3)14-6/h4,6-9H,1-3H3/t4-,6+,7+,8+,9?/m0/s1. The van der Waals surface area contributed by atoms with Gasteiger partial charge in [0.15, 0.2) is 18.2 Å². The molecule has 2 rings (SSSR count). The number of hydrogen-bond donors (Lipinski definition) is 0. The molecule has 2 aliphatic rings. The molecule has 2 heterocycles. The van der Waals surface area contributed by atoms with Crippen LogP contribution in [0.1, 0.15) is 6.92 Å². The summed E-state index contributed by atoms with van der Waals surface area (Å²) in [5.41, 5.74) is 0. The molecule has 0 amide bonds. The van der Waals surface area contributed by atoms with Crippen molar-refractivity contribution in [2.24, 2.45) is 0 Å². The Bertz CT molecular complexity index is 255. The topological polar surface area (TPSA) is 63.2 Å². The highest BCUT2D eigenvalue weighted by Gasteiger charge is 2.51. The van der Waals surface area contributed by atoms with Crippen molar-refractivity contribution in [3.05, 3.63) is 0 Å². The zero-order valence-electron chi connectivity index (χ0n) is 8.84. The average Bonchev–Trinajstić information content (AvgIpc) is 2.67. The van der Waals surface area contributed by atoms with E-state index in [-0.39, 0.29) is 5.78 Å². The molecule has 86 valence electrons. The van der Waals surface area contributed by atoms with Crippen LogP contribution in [0.4, 0.5) is 0 Å². The van der Waals surface area contributed by atoms with Crippen LogP contribution in [0.15, 0.2) is 0 Å². The highest BCUT2D eigenvalue weighted by molar-refractivity contribution is 5.88. The maximum absolute atomic E-state index is 11.7. The minimum Gasteiger partial charge on any atom is -0.353 e. The van der Waals surface area contributed by atoms with Crippen LogP contribution in [0.25, 0.3) is 0 Å². The Balaban J connectivity index is 2.14. The van der Waals surface area contributed by atoms with Gasteiger partial charge in [-0.15, -0.1) is 0 Å². The molecule has 0 bridgehead atoms. The number of Topliss-reactive ketones (excluding diaryl/α,β-unsaturated/α-hetero) is 1. The zero-order valence-corrected chi connectivity index (χ0v) is 8.84. The molecule has 0 aromatic carbocycles. The molecule has 0 aliphatic carbocycles. The fourth-order valence-corrected chi connectivity index (χ4v) is 1.74. The van der Waals surface area contributed by atoms with E-state index in [1.54, 1.807) is 6.92 Å². The summed E-state index contributed by atoms with van der Waals surface area (Å²) in [5.74, 6) is -0.146. The van der Waals surface area contributed by atoms with Gasteiger partial charge in [-0.05, 0) is 6.92 Å². The van der Waals surface area contributed by atoms with Gasteiger partial charge in [-0.2, -0.15) is 0 Å². The summed E-state index contributed by atoms with van der Waals surface area (Å²) in [6, 6.07) is 0. The van der Waals surface area contributed by atoms with Gasteiger partial charge in [-0.3, -0.25) is 4.79 Å². The van der Waals surface area contributed by atoms with Crippen LogP contribution in [0.3, 0.4) is 0 Å². The Kier molecular flexibility index (Phi) is 3.03. The van der Waals surface area contributed by atoms with Gasteiger partial charge in [-0.25, -0.2) is 0 Å². The molecule has 6 nitrogen and oxygen atoms in total. The Morgan fingerprint density at radius 2 is 1.87 bits per heavy atom. The van der Waals surface area contributed by atoms with Crippen LogP contribution in [0, 0.1) is 0 Å². The molecular weight excluding hydrogens is 204 g/mol. The van der Waals surface area contributed by atoms with Crippen molar-refractivity contribution >= 4 is 5.78 Å². The number of carbonyl (C=O) groups excluding carboxylic acids is 1. The molecule has 2 aliphatic heterocycles. The first-order valence-corrected chi connectivity index (χ1v) is 4.73. The van der Waals surface area contributed by atoms with Gasteiger partial charge in [0, 0.05) is 14.2 Å². The fraction of sp³-hybridized carbons (Fsp3) is 0.889. The normalized spacial score (nSPS) is 45.5. The Hall–Kier alpha value is -0.530. The first-order chi connectivity index (χ1) is 7.17. The summed E-state index contributed by atoms with van der Waals surface area (Å²) >= 11 is 0. The van der Waals surface area contributed by atoms with Crippen molar-refractivity contribution in [2.75, 3.05) is 14.2 Å². The van der Waals surface area contributed by atoms with Crippen LogP contribution in [-0.4, -0.2) is 51.1 Å². The lowest BCUT2D eigenvalue weighted by Crippen LogP contribution is -2.53. The number of ketones is 1. The van der Waals surface area contributed by atoms with Crippen LogP contribution in [-0.2, 0) is 28.5 Å². The van der Waals surface area contributed by atoms with Crippen molar-refractivity contribution in [1.29, 1.82) is 0 Å². The number of hydrogen-bond acceptors (Lipinski definition) is 6. The molecule has 0 spiro atoms. The molecule has 0 aromatic rings. The zero-order chi connectivity index (χ0) is 11.0. The molecule has 0 saturated carbocycles. The van der Waals surface area contributed by atoms with E-state index in [4.69, 9.17) is 23.7 Å². The van der Waals surface area contributed by atoms with Gasteiger partial charge >= 0.3 is 0 Å². The molecule has 15 heavy (non-hydrogen) atoms. The summed E-state index contributed by atoms with van der Waals surface area (Å²) in [6.45, 7) is 0.837. The lowest BCUT2D eigenvalue weighted by molar-refractivity contribution is -0.254. The molecule has 0 radical (unpaired) electrons. The molecular formula is C9H14O6. The van der Waals surface area contributed by atoms with Crippen molar-refractivity contribution in [2.45, 2.75) is 38.0 Å². The third-order valence-corrected chi connectivity index (χ3v) is 2.54. The van der Waals surface area contributed by atoms with Gasteiger partial charge in [0.1, 0.15) is 12.2 Å². The molecule has 2 fully saturated rings. The highest BCUT2D eigenvalue weighted by Crippen LogP contribution is 2.30. The average molecular weight is 218 g/mol. The first kappa shape index (κ1) is 11.0. The lowest BCUT2D eigenvalue weighted by atomic mass is 10.0. The molecule has 0 N–H and O–H groups in total. The number of fused-ring (bicyclic) bond motifs is 1. The monoisotopic (exact) mass is 218 g/mol. The smallest absolute Gasteiger partial charge is 0.272 e. The van der Waals surface area contributed by atoms with E-state index in [0.717, 1.165) is 0 Å². The van der Waals surface area contributed by atoms with Gasteiger partial charge in [0.05, 0.1) is 0 Å². The largest absolute Gasteiger partial charge is 0.353 e. The first-order valence-electron chi connectivity index (χ1n) is 4.73. The van der Waals surface area contributed by atoms with Crippen molar-refractivity contribution in [1.82, 2.24) is 0 Å². The van der Waals surface area contributed by atoms with Crippen molar-refractivity contribution < 1.29 is 28.5 Å². The second-order valence-corrected chi connectivity index (χ2v) is 3.47. The maximum Gasteiger partial charge on any atom is 0.272 e. The molecule has 0 aromatic heterocycles. The minimum absolute atomic E-state index is 0.146. The summed E-state index contributed by atoms with van der Waals surface area (Å²) in [6.07, 6.45) is -2.36. The predicted molar refractivity (Wildman–Crippen MR) is 46.9 cm³/mol. The summed E-state index contributed by atoms with van der Waals surface area (Å²) < 4.78 is 25.9. The van der Waals surface area contributed by atoms with Crippen LogP contribution < -0.4 is 0 Å². The van der Waals surface area contributed by atoms with Gasteiger partial charge in [-0.1, -0.05) is 0 Å². The van der Waals surface area contributed by atoms with E-state index in [1.165, 1.54) is 14.2 Å². The van der Waals surface area contributed by atoms with Gasteiger partial charge in [0.2, 0.25) is 0 Å². The fourth-order valence-electron chi connectivity index (χ4n) is 1.74. The van der Waals surface area contributed by atoms with Crippen LogP contribution in [0.2, 0.25) is 0 Å². The van der Waals surface area contributed by atoms with E-state index in [0.29, 0.717) is 0 Å². The van der Waals surface area contributed by atoms with E-state index in [1.807, 2.05) is 0 Å². The summed E-state index contributed by atoms with van der Waals surface area (Å²) in [5, 5.41) is 0. The van der Waals surface area contributed by atoms with E-state index < -0.39 is 31.1 Å². The number of methoxy groups -OCH3 is 2. The van der Waals surface area contributed by atoms with E-state index in [2.05, 4.69) is 0 Å². The minimum atomic E-state index is -0.824. The third-order valence-electron chi connectivity index (χ3n) is 2.54. The van der Waals surface area contributed by atoms with Crippen molar-refractivity contribution in [3.8, 4) is 0 Å². The van der Waals surface area contributed by atoms with Crippen LogP contribution in [0.5, 0.6) is 0 Å². The summed E-state index contributed by atoms with van der Waals surface area (Å²) in [7, 11) is 2.94. The third kappa shape index (κ3) is 1.79. The Morgan fingerprint density at radius 1 is 1.13 bits per heavy atom. The molecule has 5 atom stereocenters. The number of ether oxygens (including phenoxy) is 5. The lowest BCUT2D eigenvalue weighted by Gasteiger charge is -2.32. The molecule has 1 unspecified atom stereocenters. The summed E-state index contributed by atoms with van der Waals surface area (Å²) in [4.78, 5) is 11.7. The second kappa shape index (κ2) is 4.15. The number of carbonyl (C=O) groups is 1. The molecule has 2 saturated heterocycles. The van der Waals surface area contributed by atoms with Gasteiger partial charge < -0.3 is 23.7 Å². The van der Waals surface area contributed by atoms with Crippen molar-refractivity contribution in [3.63, 3.8) is 0 Å². The second-order valence-electron chi connectivity index (χ2n) is 3.47. The number of rotatable bonds is 2. The van der Waals surface area contributed by atoms with E-state index in [9.17, 15) is 4.79 Å². The maximum atomic E-state index is 11.7. The Morgan fingerprint density at radius 3 is 2.47 bits per heavy atom. The van der Waals surface area contributed by atoms with Crippen LogP contribution >= 0.6 is 0 Å². The predicted octanol–water partition coefficient (Wildman–Crippen LogP) is -0.339. The van der Waals surface area contributed by atoms with E-state index >= 15 is 0 Å². The van der Waals surface area contributed by atoms with Gasteiger partial charge in [0.25, 0.3) is 6.48 Å². The Labute approximate surface area is 87.4 Å². The highest BCUT2D eigenvalue weighted by atomic mass is 16.9. The SMILES string of the molecule is COC1O[C@H]2[C@H](OC)O[C@@H](C)C(=O)[C@H]2O1. The molecule has 6 heteroatoms.